The summed E-state index contributed by atoms with van der Waals surface area (Å²) in [5, 5.41) is 0. The number of nitrogens with zero attached hydrogens (tertiary/aromatic N) is 1. The number of nitrogens with two attached hydrogens (primary N) is 1. The van der Waals surface area contributed by atoms with Crippen molar-refractivity contribution < 1.29 is 4.74 Å². The van der Waals surface area contributed by atoms with Crippen molar-refractivity contribution in [1.29, 1.82) is 0 Å². The molecule has 0 aromatic rings. The van der Waals surface area contributed by atoms with E-state index in [0.717, 1.165) is 17.8 Å². The molecule has 3 heteroatoms. The van der Waals surface area contributed by atoms with E-state index in [0.29, 0.717) is 6.54 Å². The maximum atomic E-state index is 5.43. The Balaban J connectivity index is 2.33. The third-order valence-corrected chi connectivity index (χ3v) is 1.82. The molecular weight excluding hydrogens is 152 g/mol. The Morgan fingerprint density at radius 2 is 2.42 bits per heavy atom. The molecule has 12 heavy (non-hydrogen) atoms. The molecule has 0 atom stereocenters. The van der Waals surface area contributed by atoms with Crippen LogP contribution in [0.25, 0.3) is 0 Å². The Bertz CT molecular complexity index is 310. The summed E-state index contributed by atoms with van der Waals surface area (Å²) in [6.45, 7) is 0.638. The van der Waals surface area contributed by atoms with Crippen molar-refractivity contribution in [3.8, 4) is 0 Å². The van der Waals surface area contributed by atoms with Crippen LogP contribution in [0, 0.1) is 0 Å². The fraction of sp³-hybridized carbons (Fsp3) is 0.222. The highest BCUT2D eigenvalue weighted by Crippen LogP contribution is 2.19. The van der Waals surface area contributed by atoms with Crippen molar-refractivity contribution in [1.82, 2.24) is 0 Å². The Kier molecular flexibility index (Phi) is 1.70. The number of amidine groups is 1. The Hall–Kier alpha value is -1.51. The van der Waals surface area contributed by atoms with E-state index in [1.807, 2.05) is 12.2 Å². The summed E-state index contributed by atoms with van der Waals surface area (Å²) in [6.07, 6.45) is 9.00. The van der Waals surface area contributed by atoms with Gasteiger partial charge in [-0.2, -0.15) is 0 Å². The molecule has 62 valence electrons. The normalized spacial score (nSPS) is 21.2. The minimum Gasteiger partial charge on any atom is -0.426 e. The molecule has 0 saturated heterocycles. The average molecular weight is 162 g/mol. The van der Waals surface area contributed by atoms with Crippen molar-refractivity contribution in [2.45, 2.75) is 6.42 Å². The van der Waals surface area contributed by atoms with Crippen molar-refractivity contribution in [2.75, 3.05) is 6.54 Å². The zero-order chi connectivity index (χ0) is 8.39. The molecule has 0 bridgehead atoms. The van der Waals surface area contributed by atoms with E-state index >= 15 is 0 Å². The van der Waals surface area contributed by atoms with Crippen LogP contribution in [0.5, 0.6) is 0 Å². The topological polar surface area (TPSA) is 47.6 Å². The first-order valence-electron chi connectivity index (χ1n) is 3.90. The second-order valence-corrected chi connectivity index (χ2v) is 2.68. The van der Waals surface area contributed by atoms with Gasteiger partial charge in [0.15, 0.2) is 0 Å². The van der Waals surface area contributed by atoms with Gasteiger partial charge in [-0.1, -0.05) is 18.2 Å². The molecule has 0 fully saturated rings. The van der Waals surface area contributed by atoms with Gasteiger partial charge in [0.25, 0.3) is 6.02 Å². The highest BCUT2D eigenvalue weighted by molar-refractivity contribution is 5.75. The number of aliphatic imine (C=N–C) groups is 1. The summed E-state index contributed by atoms with van der Waals surface area (Å²) in [6, 6.07) is 0.258. The molecule has 1 heterocycles. The second-order valence-electron chi connectivity index (χ2n) is 2.68. The van der Waals surface area contributed by atoms with E-state index in [9.17, 15) is 0 Å². The van der Waals surface area contributed by atoms with Gasteiger partial charge in [0.05, 0.1) is 6.54 Å². The molecule has 2 aliphatic rings. The van der Waals surface area contributed by atoms with Crippen LogP contribution in [0.2, 0.25) is 0 Å². The monoisotopic (exact) mass is 162 g/mol. The molecule has 0 radical (unpaired) electrons. The third kappa shape index (κ3) is 1.25. The molecule has 0 saturated carbocycles. The van der Waals surface area contributed by atoms with E-state index in [1.54, 1.807) is 0 Å². The highest BCUT2D eigenvalue weighted by Gasteiger charge is 2.13. The van der Waals surface area contributed by atoms with Gasteiger partial charge in [-0.3, -0.25) is 0 Å². The average Bonchev–Trinajstić information content (AvgIpc) is 2.28. The van der Waals surface area contributed by atoms with Crippen LogP contribution in [0.4, 0.5) is 0 Å². The molecule has 3 nitrogen and oxygen atoms in total. The molecule has 0 unspecified atom stereocenters. The zero-order valence-electron chi connectivity index (χ0n) is 6.66. The standard InChI is InChI=1S/C9H10N2O/c10-9-11-6-7-4-2-1-3-5-8(7)12-9/h1,3-5H,2,6H2,(H2,10,11). The number of hydrogen-bond acceptors (Lipinski definition) is 3. The Morgan fingerprint density at radius 3 is 3.33 bits per heavy atom. The van der Waals surface area contributed by atoms with Crippen LogP contribution in [0.1, 0.15) is 6.42 Å². The van der Waals surface area contributed by atoms with Crippen molar-refractivity contribution in [3.63, 3.8) is 0 Å². The van der Waals surface area contributed by atoms with Gasteiger partial charge in [-0.05, 0) is 12.5 Å². The lowest BCUT2D eigenvalue weighted by atomic mass is 10.2. The number of fused-ring (bicyclic) bond motifs is 1. The van der Waals surface area contributed by atoms with E-state index in [4.69, 9.17) is 10.5 Å². The van der Waals surface area contributed by atoms with Crippen LogP contribution in [-0.4, -0.2) is 12.6 Å². The van der Waals surface area contributed by atoms with Crippen molar-refractivity contribution in [3.05, 3.63) is 35.6 Å². The van der Waals surface area contributed by atoms with Crippen LogP contribution in [-0.2, 0) is 4.74 Å². The lowest BCUT2D eigenvalue weighted by Crippen LogP contribution is -2.22. The summed E-state index contributed by atoms with van der Waals surface area (Å²) in [5.74, 6) is 0.830. The van der Waals surface area contributed by atoms with Gasteiger partial charge in [-0.25, -0.2) is 4.99 Å². The number of allylic oxidation sites excluding steroid dienone is 4. The van der Waals surface area contributed by atoms with Crippen LogP contribution in [0.15, 0.2) is 40.6 Å². The van der Waals surface area contributed by atoms with Crippen LogP contribution >= 0.6 is 0 Å². The first kappa shape index (κ1) is 7.16. The quantitative estimate of drug-likeness (QED) is 0.579. The van der Waals surface area contributed by atoms with E-state index < -0.39 is 0 Å². The molecule has 1 aliphatic carbocycles. The van der Waals surface area contributed by atoms with Gasteiger partial charge < -0.3 is 10.5 Å². The lowest BCUT2D eigenvalue weighted by Gasteiger charge is -2.15. The summed E-state index contributed by atoms with van der Waals surface area (Å²) in [7, 11) is 0. The lowest BCUT2D eigenvalue weighted by molar-refractivity contribution is 0.403. The van der Waals surface area contributed by atoms with Gasteiger partial charge in [0, 0.05) is 5.57 Å². The molecule has 1 aliphatic heterocycles. The number of ether oxygens (including phenoxy) is 1. The molecule has 0 amide bonds. The predicted molar refractivity (Wildman–Crippen MR) is 47.5 cm³/mol. The predicted octanol–water partition coefficient (Wildman–Crippen LogP) is 1.10. The second kappa shape index (κ2) is 2.85. The van der Waals surface area contributed by atoms with E-state index in [2.05, 4.69) is 17.1 Å². The van der Waals surface area contributed by atoms with Crippen LogP contribution in [0.3, 0.4) is 0 Å². The number of rotatable bonds is 0. The minimum atomic E-state index is 0.258. The zero-order valence-corrected chi connectivity index (χ0v) is 6.66. The Morgan fingerprint density at radius 1 is 1.50 bits per heavy atom. The van der Waals surface area contributed by atoms with Crippen molar-refractivity contribution in [2.24, 2.45) is 10.7 Å². The van der Waals surface area contributed by atoms with Gasteiger partial charge in [0.2, 0.25) is 0 Å². The van der Waals surface area contributed by atoms with Gasteiger partial charge in [-0.15, -0.1) is 0 Å². The first-order chi connectivity index (χ1) is 5.86. The van der Waals surface area contributed by atoms with E-state index in [-0.39, 0.29) is 6.02 Å². The van der Waals surface area contributed by atoms with Gasteiger partial charge in [0.1, 0.15) is 5.76 Å². The Labute approximate surface area is 70.9 Å². The van der Waals surface area contributed by atoms with Crippen molar-refractivity contribution >= 4 is 6.02 Å². The van der Waals surface area contributed by atoms with Gasteiger partial charge >= 0.3 is 0 Å². The molecular formula is C9H10N2O. The first-order valence-corrected chi connectivity index (χ1v) is 3.90. The number of hydrogen-bond donors (Lipinski definition) is 1. The van der Waals surface area contributed by atoms with Crippen LogP contribution < -0.4 is 5.73 Å². The molecule has 2 rings (SSSR count). The molecule has 2 N–H and O–H groups in total. The SMILES string of the molecule is NC1=NCC2=CCC=CC=C2O1. The fourth-order valence-electron chi connectivity index (χ4n) is 1.20. The minimum absolute atomic E-state index is 0.258. The molecule has 0 aromatic carbocycles. The maximum Gasteiger partial charge on any atom is 0.287 e. The summed E-state index contributed by atoms with van der Waals surface area (Å²) < 4.78 is 5.24. The van der Waals surface area contributed by atoms with E-state index in [1.165, 1.54) is 0 Å². The summed E-state index contributed by atoms with van der Waals surface area (Å²) in [4.78, 5) is 3.99. The largest absolute Gasteiger partial charge is 0.426 e. The smallest absolute Gasteiger partial charge is 0.287 e. The third-order valence-electron chi connectivity index (χ3n) is 1.82. The summed E-state index contributed by atoms with van der Waals surface area (Å²) >= 11 is 0. The fourth-order valence-corrected chi connectivity index (χ4v) is 1.20. The molecule has 0 aromatic heterocycles. The highest BCUT2D eigenvalue weighted by atomic mass is 16.5. The molecule has 0 spiro atoms. The summed E-state index contributed by atoms with van der Waals surface area (Å²) in [5.41, 5.74) is 6.55. The maximum absolute atomic E-state index is 5.43.